The average Bonchev–Trinajstić information content (AvgIpc) is 3.10. The molecule has 8 heteroatoms. The van der Waals surface area contributed by atoms with Gasteiger partial charge in [0.25, 0.3) is 11.8 Å². The third-order valence-corrected chi connectivity index (χ3v) is 5.86. The molecule has 3 amide bonds. The predicted molar refractivity (Wildman–Crippen MR) is 90.6 cm³/mol. The highest BCUT2D eigenvalue weighted by atomic mass is 32.2. The second kappa shape index (κ2) is 6.87. The minimum Gasteiger partial charge on any atom is -0.454 e. The summed E-state index contributed by atoms with van der Waals surface area (Å²) in [6.45, 7) is 1.37. The summed E-state index contributed by atoms with van der Waals surface area (Å²) >= 11 is 1.55. The van der Waals surface area contributed by atoms with Gasteiger partial charge < -0.3 is 9.64 Å². The van der Waals surface area contributed by atoms with E-state index in [2.05, 4.69) is 5.32 Å². The molecular formula is C17H18N2O5S. The topological polar surface area (TPSA) is 92.8 Å². The molecule has 2 atom stereocenters. The fourth-order valence-electron chi connectivity index (χ4n) is 3.05. The lowest BCUT2D eigenvalue weighted by Crippen LogP contribution is -2.47. The molecule has 0 saturated carbocycles. The Hall–Kier alpha value is -2.35. The molecule has 7 nitrogen and oxygen atoms in total. The van der Waals surface area contributed by atoms with Gasteiger partial charge in [-0.2, -0.15) is 0 Å². The van der Waals surface area contributed by atoms with E-state index in [-0.39, 0.29) is 10.8 Å². The van der Waals surface area contributed by atoms with Crippen LogP contribution in [0.2, 0.25) is 0 Å². The summed E-state index contributed by atoms with van der Waals surface area (Å²) in [6, 6.07) is 7.59. The van der Waals surface area contributed by atoms with Crippen LogP contribution < -0.4 is 5.32 Å². The van der Waals surface area contributed by atoms with Gasteiger partial charge in [-0.25, -0.2) is 4.79 Å². The number of imide groups is 1. The van der Waals surface area contributed by atoms with Crippen LogP contribution in [0.15, 0.2) is 30.3 Å². The minimum atomic E-state index is -0.705. The molecule has 0 aromatic heterocycles. The highest BCUT2D eigenvalue weighted by molar-refractivity contribution is 8.01. The van der Waals surface area contributed by atoms with Crippen molar-refractivity contribution in [1.29, 1.82) is 0 Å². The van der Waals surface area contributed by atoms with Crippen molar-refractivity contribution in [3.8, 4) is 0 Å². The number of benzene rings is 1. The van der Waals surface area contributed by atoms with Crippen LogP contribution in [0.3, 0.4) is 0 Å². The van der Waals surface area contributed by atoms with Crippen LogP contribution >= 0.6 is 11.8 Å². The molecule has 0 radical (unpaired) electrons. The third-order valence-electron chi connectivity index (χ3n) is 4.35. The second-order valence-electron chi connectivity index (χ2n) is 6.12. The van der Waals surface area contributed by atoms with Crippen molar-refractivity contribution in [1.82, 2.24) is 10.2 Å². The molecule has 0 spiro atoms. The zero-order valence-corrected chi connectivity index (χ0v) is 14.5. The van der Waals surface area contributed by atoms with Gasteiger partial charge in [0.05, 0.1) is 4.87 Å². The summed E-state index contributed by atoms with van der Waals surface area (Å²) in [6.07, 6.45) is 1.12. The monoisotopic (exact) mass is 362 g/mol. The van der Waals surface area contributed by atoms with Gasteiger partial charge in [0, 0.05) is 17.7 Å². The van der Waals surface area contributed by atoms with E-state index in [1.54, 1.807) is 47.0 Å². The molecule has 25 heavy (non-hydrogen) atoms. The maximum atomic E-state index is 12.2. The second-order valence-corrected chi connectivity index (χ2v) is 7.62. The van der Waals surface area contributed by atoms with Crippen LogP contribution in [0.5, 0.6) is 0 Å². The summed E-state index contributed by atoms with van der Waals surface area (Å²) in [4.78, 5) is 49.1. The Labute approximate surface area is 149 Å². The lowest BCUT2D eigenvalue weighted by Gasteiger charge is -2.29. The fraction of sp³-hybridized carbons (Fsp3) is 0.412. The zero-order chi connectivity index (χ0) is 18.0. The number of hydrogen-bond donors (Lipinski definition) is 1. The Balaban J connectivity index is 1.52. The fourth-order valence-corrected chi connectivity index (χ4v) is 4.47. The van der Waals surface area contributed by atoms with Crippen molar-refractivity contribution < 1.29 is 23.9 Å². The van der Waals surface area contributed by atoms with Crippen LogP contribution in [-0.4, -0.2) is 51.9 Å². The molecule has 1 aromatic carbocycles. The molecule has 2 fully saturated rings. The predicted octanol–water partition coefficient (Wildman–Crippen LogP) is 0.940. The summed E-state index contributed by atoms with van der Waals surface area (Å²) in [5.74, 6) is -1.50. The van der Waals surface area contributed by atoms with Gasteiger partial charge in [-0.05, 0) is 25.5 Å². The number of nitrogens with zero attached hydrogens (tertiary/aromatic N) is 1. The molecule has 0 aliphatic carbocycles. The van der Waals surface area contributed by atoms with Crippen LogP contribution in [0, 0.1) is 0 Å². The first-order chi connectivity index (χ1) is 11.9. The van der Waals surface area contributed by atoms with E-state index < -0.39 is 30.4 Å². The highest BCUT2D eigenvalue weighted by Gasteiger charge is 2.53. The van der Waals surface area contributed by atoms with Crippen molar-refractivity contribution in [3.05, 3.63) is 35.9 Å². The SMILES string of the molecule is C[C@@]12CCC(=O)N1[C@@H](C(=O)OCC(=O)NC(=O)c1ccccc1)CS2. The molecular weight excluding hydrogens is 344 g/mol. The molecule has 3 rings (SSSR count). The molecule has 2 heterocycles. The first kappa shape index (κ1) is 17.5. The lowest BCUT2D eigenvalue weighted by molar-refractivity contribution is -0.156. The molecule has 0 bridgehead atoms. The van der Waals surface area contributed by atoms with Crippen molar-refractivity contribution in [2.45, 2.75) is 30.7 Å². The van der Waals surface area contributed by atoms with Crippen molar-refractivity contribution >= 4 is 35.5 Å². The van der Waals surface area contributed by atoms with E-state index in [1.165, 1.54) is 0 Å². The molecule has 1 aromatic rings. The van der Waals surface area contributed by atoms with Gasteiger partial charge in [0.1, 0.15) is 6.04 Å². The van der Waals surface area contributed by atoms with Gasteiger partial charge in [-0.1, -0.05) is 18.2 Å². The highest BCUT2D eigenvalue weighted by Crippen LogP contribution is 2.47. The molecule has 2 saturated heterocycles. The summed E-state index contributed by atoms with van der Waals surface area (Å²) in [7, 11) is 0. The number of hydrogen-bond acceptors (Lipinski definition) is 6. The maximum absolute atomic E-state index is 12.2. The molecule has 2 aliphatic rings. The number of fused-ring (bicyclic) bond motifs is 1. The van der Waals surface area contributed by atoms with E-state index in [4.69, 9.17) is 4.74 Å². The first-order valence-corrected chi connectivity index (χ1v) is 8.91. The molecule has 132 valence electrons. The largest absolute Gasteiger partial charge is 0.454 e. The standard InChI is InChI=1S/C17H18N2O5S/c1-17-8-7-14(21)19(17)12(10-25-17)16(23)24-9-13(20)18-15(22)11-5-3-2-4-6-11/h2-6,12H,7-10H2,1H3,(H,18,20,22)/t12-,17-/m1/s1. The number of thioether (sulfide) groups is 1. The smallest absolute Gasteiger partial charge is 0.330 e. The number of ether oxygens (including phenoxy) is 1. The Morgan fingerprint density at radius 3 is 2.76 bits per heavy atom. The quantitative estimate of drug-likeness (QED) is 0.802. The minimum absolute atomic E-state index is 0.0712. The number of amides is 3. The summed E-state index contributed by atoms with van der Waals surface area (Å²) in [5, 5.41) is 2.16. The number of esters is 1. The van der Waals surface area contributed by atoms with Gasteiger partial charge >= 0.3 is 5.97 Å². The lowest BCUT2D eigenvalue weighted by atomic mass is 10.2. The Morgan fingerprint density at radius 1 is 1.32 bits per heavy atom. The molecule has 0 unspecified atom stereocenters. The van der Waals surface area contributed by atoms with E-state index in [0.717, 1.165) is 0 Å². The third kappa shape index (κ3) is 3.53. The number of carbonyl (C=O) groups excluding carboxylic acids is 4. The van der Waals surface area contributed by atoms with E-state index in [0.29, 0.717) is 24.2 Å². The Morgan fingerprint density at radius 2 is 2.04 bits per heavy atom. The van der Waals surface area contributed by atoms with Gasteiger partial charge in [0.15, 0.2) is 6.61 Å². The van der Waals surface area contributed by atoms with E-state index in [9.17, 15) is 19.2 Å². The zero-order valence-electron chi connectivity index (χ0n) is 13.7. The van der Waals surface area contributed by atoms with Crippen LogP contribution in [-0.2, 0) is 19.1 Å². The van der Waals surface area contributed by atoms with Gasteiger partial charge in [-0.3, -0.25) is 19.7 Å². The van der Waals surface area contributed by atoms with E-state index in [1.807, 2.05) is 6.92 Å². The number of carbonyl (C=O) groups is 4. The normalized spacial score (nSPS) is 24.8. The first-order valence-electron chi connectivity index (χ1n) is 7.93. The van der Waals surface area contributed by atoms with Crippen molar-refractivity contribution in [3.63, 3.8) is 0 Å². The van der Waals surface area contributed by atoms with Gasteiger partial charge in [-0.15, -0.1) is 11.8 Å². The summed E-state index contributed by atoms with van der Waals surface area (Å²) in [5.41, 5.74) is 0.341. The number of rotatable bonds is 4. The molecule has 1 N–H and O–H groups in total. The Kier molecular flexibility index (Phi) is 4.80. The van der Waals surface area contributed by atoms with Crippen molar-refractivity contribution in [2.24, 2.45) is 0 Å². The van der Waals surface area contributed by atoms with Gasteiger partial charge in [0.2, 0.25) is 5.91 Å². The van der Waals surface area contributed by atoms with Crippen LogP contribution in [0.1, 0.15) is 30.1 Å². The van der Waals surface area contributed by atoms with Crippen LogP contribution in [0.4, 0.5) is 0 Å². The number of nitrogens with one attached hydrogen (secondary N) is 1. The average molecular weight is 362 g/mol. The Bertz CT molecular complexity index is 723. The van der Waals surface area contributed by atoms with E-state index >= 15 is 0 Å². The summed E-state index contributed by atoms with van der Waals surface area (Å²) < 4.78 is 5.02. The molecule has 2 aliphatic heterocycles. The van der Waals surface area contributed by atoms with Crippen LogP contribution in [0.25, 0.3) is 0 Å². The van der Waals surface area contributed by atoms with Crippen molar-refractivity contribution in [2.75, 3.05) is 12.4 Å². The maximum Gasteiger partial charge on any atom is 0.330 e.